The Bertz CT molecular complexity index is 200. The standard InChI is InChI=1S/C9H15NOS2/c1-8(11)4-7-13-9(12)10-5-2-3-6-10/h2-7H2,1H3. The van der Waals surface area contributed by atoms with Crippen LogP contribution in [0.1, 0.15) is 26.2 Å². The van der Waals surface area contributed by atoms with Crippen molar-refractivity contribution in [3.05, 3.63) is 0 Å². The van der Waals surface area contributed by atoms with E-state index < -0.39 is 0 Å². The molecule has 0 radical (unpaired) electrons. The second-order valence-corrected chi connectivity index (χ2v) is 4.99. The first-order chi connectivity index (χ1) is 6.20. The lowest BCUT2D eigenvalue weighted by Gasteiger charge is -2.16. The largest absolute Gasteiger partial charge is 0.358 e. The molecule has 1 aliphatic heterocycles. The summed E-state index contributed by atoms with van der Waals surface area (Å²) >= 11 is 6.88. The van der Waals surface area contributed by atoms with Crippen LogP contribution >= 0.6 is 24.0 Å². The van der Waals surface area contributed by atoms with Crippen molar-refractivity contribution in [2.45, 2.75) is 26.2 Å². The zero-order chi connectivity index (χ0) is 9.68. The Morgan fingerprint density at radius 3 is 2.62 bits per heavy atom. The van der Waals surface area contributed by atoms with Crippen LogP contribution in [0.15, 0.2) is 0 Å². The molecule has 0 spiro atoms. The SMILES string of the molecule is CC(=O)CCSC(=S)N1CCCC1. The summed E-state index contributed by atoms with van der Waals surface area (Å²) in [4.78, 5) is 12.9. The van der Waals surface area contributed by atoms with Crippen molar-refractivity contribution >= 4 is 34.1 Å². The summed E-state index contributed by atoms with van der Waals surface area (Å²) in [5.74, 6) is 1.08. The first kappa shape index (κ1) is 11.0. The van der Waals surface area contributed by atoms with Gasteiger partial charge in [-0.2, -0.15) is 0 Å². The maximum Gasteiger partial charge on any atom is 0.136 e. The number of carbonyl (C=O) groups is 1. The van der Waals surface area contributed by atoms with Crippen LogP contribution in [-0.2, 0) is 4.79 Å². The molecule has 0 unspecified atom stereocenters. The number of ketones is 1. The van der Waals surface area contributed by atoms with E-state index in [9.17, 15) is 4.79 Å². The van der Waals surface area contributed by atoms with Crippen LogP contribution in [-0.4, -0.2) is 33.8 Å². The van der Waals surface area contributed by atoms with Gasteiger partial charge in [-0.25, -0.2) is 0 Å². The molecule has 1 heterocycles. The number of hydrogen-bond acceptors (Lipinski definition) is 3. The maximum absolute atomic E-state index is 10.7. The molecule has 0 N–H and O–H groups in total. The van der Waals surface area contributed by atoms with Gasteiger partial charge in [0.25, 0.3) is 0 Å². The van der Waals surface area contributed by atoms with E-state index in [4.69, 9.17) is 12.2 Å². The molecule has 0 aliphatic carbocycles. The van der Waals surface area contributed by atoms with Gasteiger partial charge in [-0.05, 0) is 19.8 Å². The summed E-state index contributed by atoms with van der Waals surface area (Å²) in [7, 11) is 0. The van der Waals surface area contributed by atoms with Crippen molar-refractivity contribution in [3.8, 4) is 0 Å². The molecule has 13 heavy (non-hydrogen) atoms. The van der Waals surface area contributed by atoms with E-state index in [1.807, 2.05) is 0 Å². The molecule has 1 fully saturated rings. The Morgan fingerprint density at radius 2 is 2.08 bits per heavy atom. The van der Waals surface area contributed by atoms with Crippen LogP contribution in [0.5, 0.6) is 0 Å². The van der Waals surface area contributed by atoms with Crippen molar-refractivity contribution in [2.24, 2.45) is 0 Å². The Morgan fingerprint density at radius 1 is 1.46 bits per heavy atom. The van der Waals surface area contributed by atoms with Crippen molar-refractivity contribution in [2.75, 3.05) is 18.8 Å². The highest BCUT2D eigenvalue weighted by atomic mass is 32.2. The number of hydrogen-bond donors (Lipinski definition) is 0. The number of thioether (sulfide) groups is 1. The van der Waals surface area contributed by atoms with E-state index >= 15 is 0 Å². The molecule has 0 aromatic carbocycles. The van der Waals surface area contributed by atoms with E-state index in [2.05, 4.69) is 4.90 Å². The Hall–Kier alpha value is -0.0900. The molecule has 0 bridgehead atoms. The predicted octanol–water partition coefficient (Wildman–Crippen LogP) is 2.08. The topological polar surface area (TPSA) is 20.3 Å². The molecule has 1 aliphatic rings. The molecular weight excluding hydrogens is 202 g/mol. The highest BCUT2D eigenvalue weighted by Crippen LogP contribution is 2.16. The third-order valence-corrected chi connectivity index (χ3v) is 3.57. The minimum atomic E-state index is 0.247. The van der Waals surface area contributed by atoms with Gasteiger partial charge in [-0.1, -0.05) is 24.0 Å². The minimum Gasteiger partial charge on any atom is -0.358 e. The summed E-state index contributed by atoms with van der Waals surface area (Å²) in [5.41, 5.74) is 0. The Labute approximate surface area is 89.1 Å². The van der Waals surface area contributed by atoms with Crippen molar-refractivity contribution in [1.82, 2.24) is 4.90 Å². The quantitative estimate of drug-likeness (QED) is 0.674. The zero-order valence-corrected chi connectivity index (χ0v) is 9.55. The Balaban J connectivity index is 2.13. The summed E-state index contributed by atoms with van der Waals surface area (Å²) in [5, 5.41) is 0. The second-order valence-electron chi connectivity index (χ2n) is 3.26. The molecule has 1 rings (SSSR count). The van der Waals surface area contributed by atoms with Crippen LogP contribution in [0.2, 0.25) is 0 Å². The minimum absolute atomic E-state index is 0.247. The third-order valence-electron chi connectivity index (χ3n) is 2.04. The van der Waals surface area contributed by atoms with Gasteiger partial charge in [0.2, 0.25) is 0 Å². The van der Waals surface area contributed by atoms with Crippen LogP contribution in [0.4, 0.5) is 0 Å². The molecule has 0 saturated carbocycles. The summed E-state index contributed by atoms with van der Waals surface area (Å²) in [6.07, 6.45) is 3.15. The number of nitrogens with zero attached hydrogens (tertiary/aromatic N) is 1. The monoisotopic (exact) mass is 217 g/mol. The van der Waals surface area contributed by atoms with Gasteiger partial charge in [-0.15, -0.1) is 0 Å². The van der Waals surface area contributed by atoms with Crippen molar-refractivity contribution in [3.63, 3.8) is 0 Å². The molecule has 0 aromatic heterocycles. The van der Waals surface area contributed by atoms with Crippen LogP contribution in [0.3, 0.4) is 0 Å². The fraction of sp³-hybridized carbons (Fsp3) is 0.778. The first-order valence-electron chi connectivity index (χ1n) is 4.61. The van der Waals surface area contributed by atoms with E-state index in [-0.39, 0.29) is 5.78 Å². The fourth-order valence-corrected chi connectivity index (χ4v) is 2.63. The molecule has 0 amide bonds. The van der Waals surface area contributed by atoms with E-state index in [0.717, 1.165) is 23.2 Å². The number of carbonyl (C=O) groups excluding carboxylic acids is 1. The Kier molecular flexibility index (Phi) is 4.73. The third kappa shape index (κ3) is 4.09. The molecule has 0 atom stereocenters. The number of thiocarbonyl (C=S) groups is 1. The normalized spacial score (nSPS) is 16.2. The molecular formula is C9H15NOS2. The summed E-state index contributed by atoms with van der Waals surface area (Å²) in [6, 6.07) is 0. The second kappa shape index (κ2) is 5.60. The van der Waals surface area contributed by atoms with E-state index in [1.54, 1.807) is 18.7 Å². The van der Waals surface area contributed by atoms with Gasteiger partial charge in [0.1, 0.15) is 10.1 Å². The highest BCUT2D eigenvalue weighted by molar-refractivity contribution is 8.22. The molecule has 0 aromatic rings. The maximum atomic E-state index is 10.7. The van der Waals surface area contributed by atoms with Crippen molar-refractivity contribution in [1.29, 1.82) is 0 Å². The lowest BCUT2D eigenvalue weighted by molar-refractivity contribution is -0.116. The number of rotatable bonds is 3. The molecule has 4 heteroatoms. The van der Waals surface area contributed by atoms with Gasteiger partial charge in [-0.3, -0.25) is 4.79 Å². The average Bonchev–Trinajstić information content (AvgIpc) is 2.55. The smallest absolute Gasteiger partial charge is 0.136 e. The van der Waals surface area contributed by atoms with E-state index in [1.165, 1.54) is 12.8 Å². The zero-order valence-electron chi connectivity index (χ0n) is 7.91. The van der Waals surface area contributed by atoms with Crippen molar-refractivity contribution < 1.29 is 4.79 Å². The van der Waals surface area contributed by atoms with E-state index in [0.29, 0.717) is 6.42 Å². The van der Waals surface area contributed by atoms with Gasteiger partial charge in [0.15, 0.2) is 0 Å². The first-order valence-corrected chi connectivity index (χ1v) is 6.00. The van der Waals surface area contributed by atoms with Crippen LogP contribution in [0, 0.1) is 0 Å². The number of Topliss-reactive ketones (excluding diaryl/α,β-unsaturated/α-hetero) is 1. The lowest BCUT2D eigenvalue weighted by Crippen LogP contribution is -2.23. The van der Waals surface area contributed by atoms with Gasteiger partial charge in [0.05, 0.1) is 0 Å². The lowest BCUT2D eigenvalue weighted by atomic mass is 10.4. The summed E-state index contributed by atoms with van der Waals surface area (Å²) < 4.78 is 0.971. The fourth-order valence-electron chi connectivity index (χ4n) is 1.27. The van der Waals surface area contributed by atoms with Gasteiger partial charge in [0, 0.05) is 25.3 Å². The molecule has 1 saturated heterocycles. The molecule has 74 valence electrons. The van der Waals surface area contributed by atoms with Crippen LogP contribution in [0.25, 0.3) is 0 Å². The van der Waals surface area contributed by atoms with Crippen LogP contribution < -0.4 is 0 Å². The average molecular weight is 217 g/mol. The summed E-state index contributed by atoms with van der Waals surface area (Å²) in [6.45, 7) is 3.83. The predicted molar refractivity (Wildman–Crippen MR) is 61.2 cm³/mol. The molecule has 2 nitrogen and oxygen atoms in total. The number of likely N-dealkylation sites (tertiary alicyclic amines) is 1. The van der Waals surface area contributed by atoms with Gasteiger partial charge >= 0.3 is 0 Å². The van der Waals surface area contributed by atoms with Gasteiger partial charge < -0.3 is 4.90 Å². The highest BCUT2D eigenvalue weighted by Gasteiger charge is 2.14.